The van der Waals surface area contributed by atoms with Crippen LogP contribution in [0.3, 0.4) is 0 Å². The van der Waals surface area contributed by atoms with Gasteiger partial charge in [-0.15, -0.1) is 0 Å². The number of allylic oxidation sites excluding steroid dienone is 2. The van der Waals surface area contributed by atoms with E-state index < -0.39 is 0 Å². The lowest BCUT2D eigenvalue weighted by molar-refractivity contribution is 0.129. The average molecular weight is 377 g/mol. The molecule has 0 amide bonds. The molecule has 2 heterocycles. The molecule has 2 aliphatic heterocycles. The van der Waals surface area contributed by atoms with Crippen LogP contribution in [0.25, 0.3) is 11.3 Å². The second-order valence-corrected chi connectivity index (χ2v) is 9.11. The van der Waals surface area contributed by atoms with Crippen molar-refractivity contribution in [3.63, 3.8) is 0 Å². The van der Waals surface area contributed by atoms with Crippen LogP contribution < -0.4 is 10.4 Å². The summed E-state index contributed by atoms with van der Waals surface area (Å²) in [6.07, 6.45) is 4.11. The number of piperazine rings is 1. The minimum absolute atomic E-state index is 0.0578. The van der Waals surface area contributed by atoms with Crippen molar-refractivity contribution in [3.05, 3.63) is 82.7 Å². The zero-order valence-corrected chi connectivity index (χ0v) is 18.0. The molecule has 0 aliphatic carbocycles. The van der Waals surface area contributed by atoms with E-state index in [1.807, 2.05) is 6.20 Å². The Labute approximate surface area is 169 Å². The van der Waals surface area contributed by atoms with Gasteiger partial charge in [0, 0.05) is 30.6 Å². The van der Waals surface area contributed by atoms with E-state index in [-0.39, 0.29) is 17.2 Å². The lowest BCUT2D eigenvalue weighted by atomic mass is 9.82. The number of hydrogen-bond donors (Lipinski definition) is 1. The molecular weight excluding hydrogens is 344 g/mol. The monoisotopic (exact) mass is 376 g/mol. The summed E-state index contributed by atoms with van der Waals surface area (Å²) in [5.74, 6) is 0.0616. The molecule has 1 fully saturated rings. The summed E-state index contributed by atoms with van der Waals surface area (Å²) in [7, 11) is 2.17. The Morgan fingerprint density at radius 1 is 1.18 bits per heavy atom. The Balaban J connectivity index is 2.36. The van der Waals surface area contributed by atoms with Crippen molar-refractivity contribution in [2.75, 3.05) is 13.6 Å². The van der Waals surface area contributed by atoms with Crippen LogP contribution in [0.2, 0.25) is 0 Å². The topological polar surface area (TPSA) is 26.7 Å². The smallest absolute Gasteiger partial charge is 0.117 e. The summed E-state index contributed by atoms with van der Waals surface area (Å²) in [5, 5.41) is 12.6. The van der Waals surface area contributed by atoms with Gasteiger partial charge in [0.05, 0.1) is 17.4 Å². The van der Waals surface area contributed by atoms with E-state index in [1.165, 1.54) is 21.7 Å². The molecule has 3 rings (SSSR count). The third-order valence-corrected chi connectivity index (χ3v) is 5.64. The third kappa shape index (κ3) is 3.42. The van der Waals surface area contributed by atoms with E-state index in [1.54, 1.807) is 0 Å². The van der Waals surface area contributed by atoms with Gasteiger partial charge in [0.1, 0.15) is 5.76 Å². The maximum Gasteiger partial charge on any atom is 0.117 e. The number of benzene rings is 1. The Kier molecular flexibility index (Phi) is 5.05. The molecule has 3 heteroatoms. The van der Waals surface area contributed by atoms with Crippen LogP contribution in [0.5, 0.6) is 0 Å². The molecule has 1 N–H and O–H groups in total. The zero-order valence-electron chi connectivity index (χ0n) is 18.0. The van der Waals surface area contributed by atoms with E-state index in [0.29, 0.717) is 5.57 Å². The van der Waals surface area contributed by atoms with Gasteiger partial charge in [-0.1, -0.05) is 63.8 Å². The van der Waals surface area contributed by atoms with Crippen LogP contribution in [0.1, 0.15) is 34.6 Å². The Morgan fingerprint density at radius 3 is 2.39 bits per heavy atom. The Morgan fingerprint density at radius 2 is 1.82 bits per heavy atom. The molecule has 0 saturated carbocycles. The molecule has 0 spiro atoms. The van der Waals surface area contributed by atoms with Crippen LogP contribution in [-0.4, -0.2) is 34.5 Å². The van der Waals surface area contributed by atoms with Gasteiger partial charge in [-0.05, 0) is 36.1 Å². The molecule has 28 heavy (non-hydrogen) atoms. The van der Waals surface area contributed by atoms with Crippen molar-refractivity contribution in [1.82, 2.24) is 9.80 Å². The van der Waals surface area contributed by atoms with E-state index in [2.05, 4.69) is 95.0 Å². The first-order valence-corrected chi connectivity index (χ1v) is 9.80. The van der Waals surface area contributed by atoms with Crippen LogP contribution >= 0.6 is 0 Å². The van der Waals surface area contributed by atoms with Crippen molar-refractivity contribution < 1.29 is 5.11 Å². The number of likely N-dealkylation sites (N-methyl/N-ethyl adjacent to an activating group) is 1. The van der Waals surface area contributed by atoms with Gasteiger partial charge in [-0.2, -0.15) is 0 Å². The van der Waals surface area contributed by atoms with Crippen molar-refractivity contribution in [3.8, 4) is 0 Å². The maximum atomic E-state index is 10.1. The summed E-state index contributed by atoms with van der Waals surface area (Å²) in [6.45, 7) is 19.9. The summed E-state index contributed by atoms with van der Waals surface area (Å²) in [6, 6.07) is 8.82. The zero-order chi connectivity index (χ0) is 20.8. The van der Waals surface area contributed by atoms with Crippen LogP contribution in [0, 0.1) is 5.41 Å². The normalized spacial score (nSPS) is 21.8. The van der Waals surface area contributed by atoms with Gasteiger partial charge in [0.25, 0.3) is 0 Å². The highest BCUT2D eigenvalue weighted by molar-refractivity contribution is 5.69. The lowest BCUT2D eigenvalue weighted by Crippen LogP contribution is -2.55. The maximum absolute atomic E-state index is 10.1. The first kappa shape index (κ1) is 20.1. The van der Waals surface area contributed by atoms with Crippen molar-refractivity contribution in [1.29, 1.82) is 0 Å². The molecule has 1 unspecified atom stereocenters. The number of hydrogen-bond acceptors (Lipinski definition) is 3. The fourth-order valence-corrected chi connectivity index (χ4v) is 4.11. The molecule has 0 aromatic heterocycles. The minimum atomic E-state index is 0.0578. The summed E-state index contributed by atoms with van der Waals surface area (Å²) in [4.78, 5) is 4.67. The third-order valence-electron chi connectivity index (χ3n) is 5.64. The highest BCUT2D eigenvalue weighted by atomic mass is 16.3. The molecule has 0 bridgehead atoms. The predicted octanol–water partition coefficient (Wildman–Crippen LogP) is 4.06. The van der Waals surface area contributed by atoms with Gasteiger partial charge >= 0.3 is 0 Å². The minimum Gasteiger partial charge on any atom is -0.508 e. The molecule has 148 valence electrons. The fraction of sp³-hybridized carbons (Fsp3) is 0.360. The number of fused-ring (bicyclic) bond motifs is 1. The molecule has 1 aromatic carbocycles. The van der Waals surface area contributed by atoms with Gasteiger partial charge in [0.15, 0.2) is 0 Å². The molecule has 0 radical (unpaired) electrons. The summed E-state index contributed by atoms with van der Waals surface area (Å²) in [5.41, 5.74) is 5.15. The first-order chi connectivity index (χ1) is 13.0. The van der Waals surface area contributed by atoms with E-state index in [0.717, 1.165) is 17.8 Å². The van der Waals surface area contributed by atoms with Gasteiger partial charge < -0.3 is 14.9 Å². The van der Waals surface area contributed by atoms with Crippen molar-refractivity contribution in [2.45, 2.75) is 40.7 Å². The van der Waals surface area contributed by atoms with Crippen molar-refractivity contribution >= 4 is 11.3 Å². The quantitative estimate of drug-likeness (QED) is 0.749. The molecular formula is C25H32N2O. The highest BCUT2D eigenvalue weighted by Gasteiger charge is 2.39. The van der Waals surface area contributed by atoms with E-state index >= 15 is 0 Å². The first-order valence-electron chi connectivity index (χ1n) is 9.80. The second kappa shape index (κ2) is 7.05. The number of aliphatic hydroxyl groups excluding tert-OH is 1. The van der Waals surface area contributed by atoms with Gasteiger partial charge in [-0.3, -0.25) is 0 Å². The Hall–Kier alpha value is -2.68. The largest absolute Gasteiger partial charge is 0.508 e. The predicted molar refractivity (Wildman–Crippen MR) is 119 cm³/mol. The SMILES string of the molecule is C=C(O)C1=CN2C(=CC1=C)/C(=c1\ccccc1=C(C)C)N(C)CC2C(C)(C)C. The van der Waals surface area contributed by atoms with E-state index in [9.17, 15) is 5.11 Å². The van der Waals surface area contributed by atoms with Crippen LogP contribution in [0.4, 0.5) is 0 Å². The molecule has 1 atom stereocenters. The van der Waals surface area contributed by atoms with Gasteiger partial charge in [0.2, 0.25) is 0 Å². The molecule has 1 saturated heterocycles. The van der Waals surface area contributed by atoms with Gasteiger partial charge in [-0.25, -0.2) is 0 Å². The highest BCUT2D eigenvalue weighted by Crippen LogP contribution is 2.40. The average Bonchev–Trinajstić information content (AvgIpc) is 2.59. The van der Waals surface area contributed by atoms with E-state index in [4.69, 9.17) is 0 Å². The summed E-state index contributed by atoms with van der Waals surface area (Å²) < 4.78 is 0. The molecule has 2 aliphatic rings. The molecule has 3 nitrogen and oxygen atoms in total. The van der Waals surface area contributed by atoms with Crippen LogP contribution in [-0.2, 0) is 0 Å². The molecule has 1 aromatic rings. The number of rotatable bonds is 1. The standard InChI is InChI=1S/C25H32N2O/c1-16(2)19-11-9-10-12-20(19)24-22-13-17(3)21(18(4)28)14-27(22)23(15-26(24)8)25(5,6)7/h9-14,23,28H,3-4,15H2,1-2,5-8H3/b24-20-. The second-order valence-electron chi connectivity index (χ2n) is 9.11. The fourth-order valence-electron chi connectivity index (χ4n) is 4.11. The lowest BCUT2D eigenvalue weighted by Gasteiger charge is -2.50. The summed E-state index contributed by atoms with van der Waals surface area (Å²) >= 11 is 0. The van der Waals surface area contributed by atoms with Crippen molar-refractivity contribution in [2.24, 2.45) is 5.41 Å². The van der Waals surface area contributed by atoms with Crippen LogP contribution in [0.15, 0.2) is 72.3 Å². The Bertz CT molecular complexity index is 1010. The number of aliphatic hydroxyl groups is 1. The number of nitrogens with zero attached hydrogens (tertiary/aromatic N) is 2.